The number of hydrogen-bond donors (Lipinski definition) is 0. The van der Waals surface area contributed by atoms with Crippen LogP contribution < -0.4 is 0 Å². The van der Waals surface area contributed by atoms with Gasteiger partial charge in [-0.25, -0.2) is 4.57 Å². The van der Waals surface area contributed by atoms with Crippen LogP contribution in [-0.4, -0.2) is 19.8 Å². The van der Waals surface area contributed by atoms with Gasteiger partial charge >= 0.3 is 7.82 Å². The zero-order chi connectivity index (χ0) is 17.0. The lowest BCUT2D eigenvalue weighted by Crippen LogP contribution is -2.02. The fraction of sp³-hybridized carbons (Fsp3) is 0.667. The van der Waals surface area contributed by atoms with Gasteiger partial charge in [-0.05, 0) is 50.7 Å². The minimum Gasteiger partial charge on any atom is -0.287 e. The van der Waals surface area contributed by atoms with E-state index in [0.29, 0.717) is 19.8 Å². The molecule has 4 nitrogen and oxygen atoms in total. The summed E-state index contributed by atoms with van der Waals surface area (Å²) in [5, 5.41) is 0. The quantitative estimate of drug-likeness (QED) is 0.348. The zero-order valence-corrected chi connectivity index (χ0v) is 15.6. The van der Waals surface area contributed by atoms with E-state index in [2.05, 4.69) is 31.2 Å². The molecule has 0 radical (unpaired) electrons. The Balaban J connectivity index is 2.31. The first-order chi connectivity index (χ1) is 11.1. The second-order valence-corrected chi connectivity index (χ2v) is 7.16. The molecular formula is C18H31O4P. The summed E-state index contributed by atoms with van der Waals surface area (Å²) in [6, 6.07) is 8.76. The molecule has 0 atom stereocenters. The molecule has 0 bridgehead atoms. The van der Waals surface area contributed by atoms with Crippen molar-refractivity contribution in [3.05, 3.63) is 35.4 Å². The highest BCUT2D eigenvalue weighted by Gasteiger charge is 2.24. The van der Waals surface area contributed by atoms with Gasteiger partial charge in [0.1, 0.15) is 0 Å². The smallest absolute Gasteiger partial charge is 0.287 e. The highest BCUT2D eigenvalue weighted by atomic mass is 31.2. The molecule has 0 aliphatic rings. The van der Waals surface area contributed by atoms with E-state index in [-0.39, 0.29) is 0 Å². The molecule has 23 heavy (non-hydrogen) atoms. The Morgan fingerprint density at radius 1 is 0.783 bits per heavy atom. The normalized spacial score (nSPS) is 11.8. The molecule has 1 aromatic carbocycles. The lowest BCUT2D eigenvalue weighted by atomic mass is 10.0. The van der Waals surface area contributed by atoms with Crippen LogP contribution in [0.15, 0.2) is 24.3 Å². The molecule has 1 rings (SSSR count). The number of hydrogen-bond acceptors (Lipinski definition) is 4. The van der Waals surface area contributed by atoms with Crippen molar-refractivity contribution in [2.75, 3.05) is 19.8 Å². The number of unbranched alkanes of at least 4 members (excludes halogenated alkanes) is 2. The third-order valence-electron chi connectivity index (χ3n) is 3.53. The van der Waals surface area contributed by atoms with Crippen LogP contribution in [0, 0.1) is 0 Å². The van der Waals surface area contributed by atoms with Gasteiger partial charge in [0.15, 0.2) is 0 Å². The molecule has 0 heterocycles. The predicted molar refractivity (Wildman–Crippen MR) is 94.8 cm³/mol. The molecule has 0 saturated heterocycles. The molecule has 0 unspecified atom stereocenters. The van der Waals surface area contributed by atoms with E-state index in [1.807, 2.05) is 0 Å². The van der Waals surface area contributed by atoms with Crippen molar-refractivity contribution in [2.45, 2.75) is 59.3 Å². The number of aryl methyl sites for hydroxylation is 2. The first-order valence-corrected chi connectivity index (χ1v) is 10.2. The standard InChI is InChI=1S/C18H31O4P/c1-4-7-8-10-17-12-14-18(15-13-17)11-9-16-22-23(19,20-5-2)21-6-3/h12-15H,4-11,16H2,1-3H3. The van der Waals surface area contributed by atoms with E-state index in [1.165, 1.54) is 30.4 Å². The van der Waals surface area contributed by atoms with Gasteiger partial charge in [0.05, 0.1) is 19.8 Å². The van der Waals surface area contributed by atoms with Gasteiger partial charge < -0.3 is 0 Å². The average molecular weight is 342 g/mol. The topological polar surface area (TPSA) is 44.8 Å². The van der Waals surface area contributed by atoms with Crippen LogP contribution in [0.2, 0.25) is 0 Å². The first-order valence-electron chi connectivity index (χ1n) is 8.75. The van der Waals surface area contributed by atoms with Crippen LogP contribution in [0.4, 0.5) is 0 Å². The van der Waals surface area contributed by atoms with E-state index >= 15 is 0 Å². The second kappa shape index (κ2) is 11.8. The molecule has 0 aliphatic carbocycles. The van der Waals surface area contributed by atoms with Crippen molar-refractivity contribution < 1.29 is 18.1 Å². The van der Waals surface area contributed by atoms with E-state index in [9.17, 15) is 4.57 Å². The molecule has 0 N–H and O–H groups in total. The number of phosphoric ester groups is 1. The molecule has 0 saturated carbocycles. The maximum absolute atomic E-state index is 12.1. The van der Waals surface area contributed by atoms with Crippen LogP contribution in [0.25, 0.3) is 0 Å². The minimum absolute atomic E-state index is 0.316. The van der Waals surface area contributed by atoms with Crippen LogP contribution >= 0.6 is 7.82 Å². The number of phosphoric acid groups is 1. The summed E-state index contributed by atoms with van der Waals surface area (Å²) in [6.07, 6.45) is 6.65. The zero-order valence-electron chi connectivity index (χ0n) is 14.8. The predicted octanol–water partition coefficient (Wildman–Crippen LogP) is 5.55. The van der Waals surface area contributed by atoms with Crippen molar-refractivity contribution in [1.82, 2.24) is 0 Å². The Hall–Kier alpha value is -0.670. The van der Waals surface area contributed by atoms with E-state index in [0.717, 1.165) is 19.3 Å². The van der Waals surface area contributed by atoms with Gasteiger partial charge in [0, 0.05) is 0 Å². The van der Waals surface area contributed by atoms with Gasteiger partial charge in [-0.2, -0.15) is 0 Å². The van der Waals surface area contributed by atoms with Gasteiger partial charge in [-0.1, -0.05) is 44.0 Å². The highest BCUT2D eigenvalue weighted by molar-refractivity contribution is 7.48. The second-order valence-electron chi connectivity index (χ2n) is 5.49. The van der Waals surface area contributed by atoms with Crippen molar-refractivity contribution >= 4 is 7.82 Å². The molecule has 0 aromatic heterocycles. The Morgan fingerprint density at radius 2 is 1.30 bits per heavy atom. The Kier molecular flexibility index (Phi) is 10.5. The van der Waals surface area contributed by atoms with E-state index in [1.54, 1.807) is 13.8 Å². The maximum Gasteiger partial charge on any atom is 0.474 e. The molecule has 0 amide bonds. The van der Waals surface area contributed by atoms with Crippen molar-refractivity contribution in [3.63, 3.8) is 0 Å². The van der Waals surface area contributed by atoms with E-state index in [4.69, 9.17) is 13.6 Å². The summed E-state index contributed by atoms with van der Waals surface area (Å²) in [6.45, 7) is 6.78. The molecular weight excluding hydrogens is 311 g/mol. The molecule has 132 valence electrons. The van der Waals surface area contributed by atoms with Crippen molar-refractivity contribution in [2.24, 2.45) is 0 Å². The Bertz CT molecular complexity index is 449. The van der Waals surface area contributed by atoms with E-state index < -0.39 is 7.82 Å². The fourth-order valence-corrected chi connectivity index (χ4v) is 3.54. The number of benzene rings is 1. The highest BCUT2D eigenvalue weighted by Crippen LogP contribution is 2.49. The monoisotopic (exact) mass is 342 g/mol. The van der Waals surface area contributed by atoms with Crippen LogP contribution in [0.3, 0.4) is 0 Å². The fourth-order valence-electron chi connectivity index (χ4n) is 2.33. The minimum atomic E-state index is -3.36. The first kappa shape index (κ1) is 20.4. The van der Waals surface area contributed by atoms with Crippen LogP contribution in [-0.2, 0) is 31.0 Å². The van der Waals surface area contributed by atoms with Gasteiger partial charge in [0.25, 0.3) is 0 Å². The number of rotatable bonds is 13. The average Bonchev–Trinajstić information content (AvgIpc) is 2.54. The van der Waals surface area contributed by atoms with Crippen molar-refractivity contribution in [1.29, 1.82) is 0 Å². The summed E-state index contributed by atoms with van der Waals surface area (Å²) in [7, 11) is -3.36. The van der Waals surface area contributed by atoms with Gasteiger partial charge in [-0.15, -0.1) is 0 Å². The lowest BCUT2D eigenvalue weighted by Gasteiger charge is -2.16. The molecule has 0 fully saturated rings. The largest absolute Gasteiger partial charge is 0.474 e. The van der Waals surface area contributed by atoms with Crippen molar-refractivity contribution in [3.8, 4) is 0 Å². The molecule has 1 aromatic rings. The van der Waals surface area contributed by atoms with Gasteiger partial charge in [-0.3, -0.25) is 13.6 Å². The molecule has 0 aliphatic heterocycles. The Morgan fingerprint density at radius 3 is 1.78 bits per heavy atom. The summed E-state index contributed by atoms with van der Waals surface area (Å²) in [5.74, 6) is 0. The summed E-state index contributed by atoms with van der Waals surface area (Å²) in [5.41, 5.74) is 2.67. The summed E-state index contributed by atoms with van der Waals surface area (Å²) < 4.78 is 27.7. The summed E-state index contributed by atoms with van der Waals surface area (Å²) in [4.78, 5) is 0. The maximum atomic E-state index is 12.1. The molecule has 0 spiro atoms. The third kappa shape index (κ3) is 8.66. The lowest BCUT2D eigenvalue weighted by molar-refractivity contribution is 0.120. The molecule has 5 heteroatoms. The van der Waals surface area contributed by atoms with Crippen LogP contribution in [0.5, 0.6) is 0 Å². The Labute approximate surface area is 141 Å². The summed E-state index contributed by atoms with van der Waals surface area (Å²) >= 11 is 0. The van der Waals surface area contributed by atoms with Crippen LogP contribution in [0.1, 0.15) is 57.6 Å². The SMILES string of the molecule is CCCCCc1ccc(CCCOP(=O)(OCC)OCC)cc1. The third-order valence-corrected chi connectivity index (χ3v) is 5.17. The van der Waals surface area contributed by atoms with Gasteiger partial charge in [0.2, 0.25) is 0 Å².